The monoisotopic (exact) mass is 352 g/mol. The minimum atomic E-state index is -0.744. The van der Waals surface area contributed by atoms with Crippen LogP contribution in [0.2, 0.25) is 0 Å². The molecule has 2 N–H and O–H groups in total. The molecule has 0 saturated carbocycles. The lowest BCUT2D eigenvalue weighted by Crippen LogP contribution is -2.46. The highest BCUT2D eigenvalue weighted by atomic mass is 19.1. The van der Waals surface area contributed by atoms with Crippen LogP contribution >= 0.6 is 0 Å². The molecule has 1 aromatic carbocycles. The van der Waals surface area contributed by atoms with Gasteiger partial charge in [-0.1, -0.05) is 0 Å². The van der Waals surface area contributed by atoms with E-state index in [0.717, 1.165) is 12.1 Å². The highest BCUT2D eigenvalue weighted by Gasteiger charge is 2.16. The summed E-state index contributed by atoms with van der Waals surface area (Å²) in [6.45, 7) is 3.16. The van der Waals surface area contributed by atoms with Crippen LogP contribution in [0.3, 0.4) is 0 Å². The summed E-state index contributed by atoms with van der Waals surface area (Å²) in [5.74, 6) is -2.45. The third-order valence-corrected chi connectivity index (χ3v) is 3.21. The van der Waals surface area contributed by atoms with E-state index >= 15 is 0 Å². The van der Waals surface area contributed by atoms with Crippen molar-refractivity contribution < 1.29 is 28.3 Å². The first kappa shape index (κ1) is 20.3. The molecule has 1 aromatic rings. The molecule has 0 aliphatic heterocycles. The van der Waals surface area contributed by atoms with E-state index in [2.05, 4.69) is 10.6 Å². The number of Topliss-reactive ketones (excluding diaryl/α,β-unsaturated/α-hetero) is 1. The van der Waals surface area contributed by atoms with E-state index in [9.17, 15) is 23.6 Å². The summed E-state index contributed by atoms with van der Waals surface area (Å²) < 4.78 is 17.5. The van der Waals surface area contributed by atoms with Crippen molar-refractivity contribution in [1.29, 1.82) is 0 Å². The molecule has 25 heavy (non-hydrogen) atoms. The number of ether oxygens (including phenoxy) is 1. The molecule has 0 heterocycles. The van der Waals surface area contributed by atoms with E-state index in [0.29, 0.717) is 12.1 Å². The average molecular weight is 352 g/mol. The predicted octanol–water partition coefficient (Wildman–Crippen LogP) is 0.973. The SMILES string of the molecule is CCNC(=O)[C@H](C)NC(=O)COC(=O)CCC(=O)c1ccc(F)cc1. The van der Waals surface area contributed by atoms with Gasteiger partial charge in [-0.15, -0.1) is 0 Å². The van der Waals surface area contributed by atoms with Gasteiger partial charge < -0.3 is 15.4 Å². The van der Waals surface area contributed by atoms with Crippen LogP contribution in [0.5, 0.6) is 0 Å². The van der Waals surface area contributed by atoms with E-state index in [1.807, 2.05) is 0 Å². The molecule has 2 amide bonds. The molecule has 0 aliphatic carbocycles. The summed E-state index contributed by atoms with van der Waals surface area (Å²) in [6, 6.07) is 4.24. The van der Waals surface area contributed by atoms with Crippen LogP contribution in [0.4, 0.5) is 4.39 Å². The number of hydrogen-bond donors (Lipinski definition) is 2. The Balaban J connectivity index is 2.30. The second-order valence-electron chi connectivity index (χ2n) is 5.27. The quantitative estimate of drug-likeness (QED) is 0.509. The molecule has 0 fully saturated rings. The van der Waals surface area contributed by atoms with Gasteiger partial charge in [0.25, 0.3) is 5.91 Å². The fourth-order valence-corrected chi connectivity index (χ4v) is 1.89. The molecule has 136 valence electrons. The molecule has 7 nitrogen and oxygen atoms in total. The molecule has 1 rings (SSSR count). The topological polar surface area (TPSA) is 102 Å². The van der Waals surface area contributed by atoms with Gasteiger partial charge in [0.2, 0.25) is 5.91 Å². The van der Waals surface area contributed by atoms with Crippen LogP contribution in [0.25, 0.3) is 0 Å². The summed E-state index contributed by atoms with van der Waals surface area (Å²) in [6.07, 6.45) is -0.309. The number of rotatable bonds is 9. The number of ketones is 1. The van der Waals surface area contributed by atoms with Gasteiger partial charge in [-0.25, -0.2) is 4.39 Å². The van der Waals surface area contributed by atoms with Crippen molar-refractivity contribution in [3.05, 3.63) is 35.6 Å². The average Bonchev–Trinajstić information content (AvgIpc) is 2.58. The van der Waals surface area contributed by atoms with Crippen molar-refractivity contribution in [3.8, 4) is 0 Å². The lowest BCUT2D eigenvalue weighted by molar-refractivity contribution is -0.148. The van der Waals surface area contributed by atoms with Gasteiger partial charge in [0.1, 0.15) is 11.9 Å². The number of nitrogens with one attached hydrogen (secondary N) is 2. The van der Waals surface area contributed by atoms with E-state index < -0.39 is 30.3 Å². The molecule has 0 aliphatic rings. The minimum absolute atomic E-state index is 0.110. The maximum Gasteiger partial charge on any atom is 0.306 e. The summed E-state index contributed by atoms with van der Waals surface area (Å²) in [5.41, 5.74) is 0.294. The highest BCUT2D eigenvalue weighted by molar-refractivity contribution is 5.97. The number of likely N-dealkylation sites (N-methyl/N-ethyl adjacent to an activating group) is 1. The van der Waals surface area contributed by atoms with Crippen molar-refractivity contribution in [1.82, 2.24) is 10.6 Å². The third-order valence-electron chi connectivity index (χ3n) is 3.21. The molecule has 0 spiro atoms. The first-order valence-corrected chi connectivity index (χ1v) is 7.85. The van der Waals surface area contributed by atoms with Crippen LogP contribution in [-0.4, -0.2) is 42.8 Å². The fraction of sp³-hybridized carbons (Fsp3) is 0.412. The summed E-state index contributed by atoms with van der Waals surface area (Å²) in [4.78, 5) is 46.4. The second-order valence-corrected chi connectivity index (χ2v) is 5.27. The zero-order valence-electron chi connectivity index (χ0n) is 14.1. The first-order chi connectivity index (χ1) is 11.8. The number of benzene rings is 1. The van der Waals surface area contributed by atoms with Gasteiger partial charge in [-0.3, -0.25) is 19.2 Å². The lowest BCUT2D eigenvalue weighted by Gasteiger charge is -2.13. The largest absolute Gasteiger partial charge is 0.456 e. The van der Waals surface area contributed by atoms with Gasteiger partial charge >= 0.3 is 5.97 Å². The molecule has 0 unspecified atom stereocenters. The Labute approximate surface area is 144 Å². The number of esters is 1. The van der Waals surface area contributed by atoms with Gasteiger partial charge in [0.05, 0.1) is 6.42 Å². The predicted molar refractivity (Wildman–Crippen MR) is 87.2 cm³/mol. The number of carbonyl (C=O) groups is 4. The highest BCUT2D eigenvalue weighted by Crippen LogP contribution is 2.07. The van der Waals surface area contributed by atoms with Crippen molar-refractivity contribution in [2.24, 2.45) is 0 Å². The van der Waals surface area contributed by atoms with E-state index in [4.69, 9.17) is 4.74 Å². The van der Waals surface area contributed by atoms with Crippen molar-refractivity contribution in [2.75, 3.05) is 13.2 Å². The Morgan fingerprint density at radius 1 is 1.12 bits per heavy atom. The maximum absolute atomic E-state index is 12.8. The van der Waals surface area contributed by atoms with Crippen molar-refractivity contribution >= 4 is 23.6 Å². The first-order valence-electron chi connectivity index (χ1n) is 7.85. The van der Waals surface area contributed by atoms with Gasteiger partial charge in [0, 0.05) is 18.5 Å². The zero-order valence-corrected chi connectivity index (χ0v) is 14.1. The number of hydrogen-bond acceptors (Lipinski definition) is 5. The van der Waals surface area contributed by atoms with Crippen molar-refractivity contribution in [3.63, 3.8) is 0 Å². The smallest absolute Gasteiger partial charge is 0.306 e. The Morgan fingerprint density at radius 3 is 2.36 bits per heavy atom. The molecule has 0 saturated heterocycles. The van der Waals surface area contributed by atoms with Crippen molar-refractivity contribution in [2.45, 2.75) is 32.7 Å². The van der Waals surface area contributed by atoms with Crippen LogP contribution in [0, 0.1) is 5.82 Å². The Hall–Kier alpha value is -2.77. The van der Waals surface area contributed by atoms with Crippen LogP contribution in [0.15, 0.2) is 24.3 Å². The standard InChI is InChI=1S/C17H21FN2O5/c1-3-19-17(24)11(2)20-15(22)10-25-16(23)9-8-14(21)12-4-6-13(18)7-5-12/h4-7,11H,3,8-10H2,1-2H3,(H,19,24)(H,20,22)/t11-/m0/s1. The molecule has 0 radical (unpaired) electrons. The van der Waals surface area contributed by atoms with Crippen LogP contribution in [0.1, 0.15) is 37.0 Å². The molecule has 1 atom stereocenters. The summed E-state index contributed by atoms with van der Waals surface area (Å²) >= 11 is 0. The van der Waals surface area contributed by atoms with Crippen LogP contribution < -0.4 is 10.6 Å². The molecular weight excluding hydrogens is 331 g/mol. The zero-order chi connectivity index (χ0) is 18.8. The van der Waals surface area contributed by atoms with Gasteiger partial charge in [-0.2, -0.15) is 0 Å². The minimum Gasteiger partial charge on any atom is -0.456 e. The number of carbonyl (C=O) groups excluding carboxylic acids is 4. The third kappa shape index (κ3) is 7.56. The molecule has 8 heteroatoms. The summed E-state index contributed by atoms with van der Waals surface area (Å²) in [7, 11) is 0. The Kier molecular flexibility index (Phi) is 8.25. The lowest BCUT2D eigenvalue weighted by atomic mass is 10.1. The van der Waals surface area contributed by atoms with Gasteiger partial charge in [-0.05, 0) is 38.1 Å². The normalized spacial score (nSPS) is 11.3. The number of halogens is 1. The van der Waals surface area contributed by atoms with E-state index in [-0.39, 0.29) is 24.5 Å². The Bertz CT molecular complexity index is 630. The molecule has 0 bridgehead atoms. The Morgan fingerprint density at radius 2 is 1.76 bits per heavy atom. The summed E-state index contributed by atoms with van der Waals surface area (Å²) in [5, 5.41) is 4.93. The van der Waals surface area contributed by atoms with Crippen LogP contribution in [-0.2, 0) is 19.1 Å². The number of amides is 2. The molecular formula is C17H21FN2O5. The fourth-order valence-electron chi connectivity index (χ4n) is 1.89. The van der Waals surface area contributed by atoms with E-state index in [1.54, 1.807) is 6.92 Å². The second kappa shape index (κ2) is 10.2. The molecule has 0 aromatic heterocycles. The van der Waals surface area contributed by atoms with E-state index in [1.165, 1.54) is 19.1 Å². The maximum atomic E-state index is 12.8. The van der Waals surface area contributed by atoms with Gasteiger partial charge in [0.15, 0.2) is 12.4 Å².